The highest BCUT2D eigenvalue weighted by atomic mass is 19.4. The van der Waals surface area contributed by atoms with Crippen molar-refractivity contribution >= 4 is 17.2 Å². The molecule has 276 valence electrons. The molecular formula is C39H52F6N4O. The molecule has 2 aromatic rings. The lowest BCUT2D eigenvalue weighted by Crippen LogP contribution is -2.52. The first-order valence-electron chi connectivity index (χ1n) is 18.8. The van der Waals surface area contributed by atoms with Gasteiger partial charge in [0.15, 0.2) is 0 Å². The van der Waals surface area contributed by atoms with Crippen LogP contribution in [0.15, 0.2) is 48.5 Å². The van der Waals surface area contributed by atoms with E-state index in [0.29, 0.717) is 94.4 Å². The van der Waals surface area contributed by atoms with Crippen molar-refractivity contribution in [2.45, 2.75) is 76.6 Å². The van der Waals surface area contributed by atoms with Crippen molar-refractivity contribution in [1.29, 1.82) is 0 Å². The predicted molar refractivity (Wildman–Crippen MR) is 185 cm³/mol. The van der Waals surface area contributed by atoms with E-state index in [1.54, 1.807) is 12.1 Å². The number of anilines is 2. The number of carbonyl (C=O) groups is 1. The zero-order valence-corrected chi connectivity index (χ0v) is 29.0. The molecule has 0 aromatic heterocycles. The second-order valence-electron chi connectivity index (χ2n) is 15.1. The number of alkyl halides is 6. The summed E-state index contributed by atoms with van der Waals surface area (Å²) < 4.78 is 80.3. The highest BCUT2D eigenvalue weighted by Crippen LogP contribution is 2.39. The lowest BCUT2D eigenvalue weighted by atomic mass is 9.70. The van der Waals surface area contributed by atoms with Crippen LogP contribution in [0.5, 0.6) is 0 Å². The van der Waals surface area contributed by atoms with E-state index in [9.17, 15) is 31.1 Å². The first-order valence-corrected chi connectivity index (χ1v) is 18.8. The van der Waals surface area contributed by atoms with Crippen LogP contribution in [0.25, 0.3) is 0 Å². The molecule has 2 saturated heterocycles. The minimum absolute atomic E-state index is 0.0614. The zero-order valence-electron chi connectivity index (χ0n) is 29.0. The maximum absolute atomic E-state index is 14.9. The maximum Gasteiger partial charge on any atom is 0.416 e. The van der Waals surface area contributed by atoms with Crippen LogP contribution in [0, 0.1) is 23.7 Å². The topological polar surface area (TPSA) is 30.0 Å². The van der Waals surface area contributed by atoms with Gasteiger partial charge in [0.2, 0.25) is 0 Å². The number of hydrogen-bond donors (Lipinski definition) is 0. The Labute approximate surface area is 293 Å². The number of ketones is 1. The summed E-state index contributed by atoms with van der Waals surface area (Å²) in [4.78, 5) is 23.7. The number of piperazine rings is 2. The smallest absolute Gasteiger partial charge is 0.369 e. The molecule has 0 spiro atoms. The van der Waals surface area contributed by atoms with Gasteiger partial charge in [-0.2, -0.15) is 26.3 Å². The minimum atomic E-state index is -4.38. The predicted octanol–water partition coefficient (Wildman–Crippen LogP) is 8.63. The third kappa shape index (κ3) is 9.35. The molecule has 2 aliphatic heterocycles. The first-order chi connectivity index (χ1) is 24.0. The fourth-order valence-electron chi connectivity index (χ4n) is 8.98. The monoisotopic (exact) mass is 706 g/mol. The quantitative estimate of drug-likeness (QED) is 0.231. The molecule has 0 radical (unpaired) electrons. The molecule has 2 atom stereocenters. The highest BCUT2D eigenvalue weighted by Gasteiger charge is 2.40. The van der Waals surface area contributed by atoms with Gasteiger partial charge in [0, 0.05) is 88.7 Å². The Bertz CT molecular complexity index is 1280. The van der Waals surface area contributed by atoms with Crippen molar-refractivity contribution in [3.63, 3.8) is 0 Å². The summed E-state index contributed by atoms with van der Waals surface area (Å²) in [6, 6.07) is 11.1. The van der Waals surface area contributed by atoms with Gasteiger partial charge >= 0.3 is 12.4 Å². The van der Waals surface area contributed by atoms with Crippen molar-refractivity contribution in [2.75, 3.05) is 75.2 Å². The Hall–Kier alpha value is -2.79. The van der Waals surface area contributed by atoms with E-state index >= 15 is 0 Å². The summed E-state index contributed by atoms with van der Waals surface area (Å²) >= 11 is 0. The fourth-order valence-corrected chi connectivity index (χ4v) is 8.98. The van der Waals surface area contributed by atoms with E-state index in [2.05, 4.69) is 9.80 Å². The Morgan fingerprint density at radius 3 is 1.26 bits per heavy atom. The van der Waals surface area contributed by atoms with E-state index in [1.807, 2.05) is 9.80 Å². The second-order valence-corrected chi connectivity index (χ2v) is 15.1. The Balaban J connectivity index is 1.13. The summed E-state index contributed by atoms with van der Waals surface area (Å²) in [5.74, 6) is 0.968. The number of carbonyl (C=O) groups excluding carboxylic acids is 1. The van der Waals surface area contributed by atoms with Crippen LogP contribution in [-0.2, 0) is 17.1 Å². The molecule has 2 unspecified atom stereocenters. The molecule has 0 amide bonds. The van der Waals surface area contributed by atoms with Crippen molar-refractivity contribution < 1.29 is 31.1 Å². The number of halogens is 6. The fraction of sp³-hybridized carbons (Fsp3) is 0.667. The molecule has 4 aliphatic rings. The van der Waals surface area contributed by atoms with Gasteiger partial charge in [-0.25, -0.2) is 0 Å². The van der Waals surface area contributed by atoms with Crippen molar-refractivity contribution in [3.05, 3.63) is 59.7 Å². The van der Waals surface area contributed by atoms with E-state index in [-0.39, 0.29) is 11.8 Å². The number of rotatable bonds is 10. The van der Waals surface area contributed by atoms with E-state index in [0.717, 1.165) is 63.5 Å². The molecule has 2 saturated carbocycles. The summed E-state index contributed by atoms with van der Waals surface area (Å²) in [5, 5.41) is 0. The number of Topliss-reactive ketones (excluding diaryl/α,β-unsaturated/α-hetero) is 1. The molecule has 4 fully saturated rings. The Kier molecular flexibility index (Phi) is 12.0. The third-order valence-corrected chi connectivity index (χ3v) is 11.9. The molecule has 0 N–H and O–H groups in total. The lowest BCUT2D eigenvalue weighted by Gasteiger charge is -2.43. The van der Waals surface area contributed by atoms with Crippen molar-refractivity contribution in [3.8, 4) is 0 Å². The summed E-state index contributed by atoms with van der Waals surface area (Å²) in [7, 11) is 0. The van der Waals surface area contributed by atoms with E-state index < -0.39 is 23.5 Å². The number of benzene rings is 2. The van der Waals surface area contributed by atoms with Crippen LogP contribution in [0.4, 0.5) is 37.7 Å². The second kappa shape index (κ2) is 16.3. The molecule has 2 heterocycles. The third-order valence-electron chi connectivity index (χ3n) is 11.9. The molecule has 11 heteroatoms. The number of nitrogens with zero attached hydrogens (tertiary/aromatic N) is 4. The largest absolute Gasteiger partial charge is 0.416 e. The van der Waals surface area contributed by atoms with Crippen LogP contribution in [0.2, 0.25) is 0 Å². The highest BCUT2D eigenvalue weighted by molar-refractivity contribution is 5.84. The summed E-state index contributed by atoms with van der Waals surface area (Å²) in [6.07, 6.45) is 2.47. The van der Waals surface area contributed by atoms with Crippen LogP contribution in [0.3, 0.4) is 0 Å². The molecule has 2 aliphatic carbocycles. The van der Waals surface area contributed by atoms with E-state index in [4.69, 9.17) is 0 Å². The van der Waals surface area contributed by atoms with Gasteiger partial charge in [-0.15, -0.1) is 0 Å². The minimum Gasteiger partial charge on any atom is -0.369 e. The summed E-state index contributed by atoms with van der Waals surface area (Å²) in [6.45, 7) is 6.71. The molecular weight excluding hydrogens is 654 g/mol. The molecule has 5 nitrogen and oxygen atoms in total. The van der Waals surface area contributed by atoms with Gasteiger partial charge < -0.3 is 9.80 Å². The van der Waals surface area contributed by atoms with Crippen molar-refractivity contribution in [2.24, 2.45) is 23.7 Å². The maximum atomic E-state index is 14.9. The van der Waals surface area contributed by atoms with Crippen LogP contribution < -0.4 is 9.80 Å². The van der Waals surface area contributed by atoms with Crippen LogP contribution in [0.1, 0.15) is 75.3 Å². The van der Waals surface area contributed by atoms with E-state index in [1.165, 1.54) is 37.1 Å². The SMILES string of the molecule is O=C(C(CN1CCN(c2cccc(C(F)(F)F)c2)CC1)C1CCCCC1)C(CN1CCN(c2cccc(C(F)(F)F)c2)CC1)C1CCCCC1. The number of hydrogen-bond acceptors (Lipinski definition) is 5. The van der Waals surface area contributed by atoms with Crippen LogP contribution >= 0.6 is 0 Å². The first kappa shape index (κ1) is 37.0. The molecule has 6 rings (SSSR count). The van der Waals surface area contributed by atoms with Gasteiger partial charge in [-0.05, 0) is 73.9 Å². The van der Waals surface area contributed by atoms with Gasteiger partial charge in [-0.3, -0.25) is 14.6 Å². The molecule has 2 aromatic carbocycles. The Morgan fingerprint density at radius 1 is 0.560 bits per heavy atom. The Morgan fingerprint density at radius 2 is 0.920 bits per heavy atom. The average Bonchev–Trinajstić information content (AvgIpc) is 3.13. The standard InChI is InChI=1S/C39H52F6N4O/c40-38(41,42)31-13-7-15-33(25-31)48-21-17-46(18-22-48)27-35(29-9-3-1-4-10-29)37(50)36(30-11-5-2-6-12-30)28-47-19-23-49(24-20-47)34-16-8-14-32(26-34)39(43,44)45/h7-8,13-16,25-26,29-30,35-36H,1-6,9-12,17-24,27-28H2. The van der Waals surface area contributed by atoms with Crippen molar-refractivity contribution in [1.82, 2.24) is 9.80 Å². The van der Waals surface area contributed by atoms with Gasteiger partial charge in [0.05, 0.1) is 11.1 Å². The average molecular weight is 707 g/mol. The van der Waals surface area contributed by atoms with Gasteiger partial charge in [0.25, 0.3) is 0 Å². The lowest BCUT2D eigenvalue weighted by molar-refractivity contribution is -0.138. The zero-order chi connectivity index (χ0) is 35.3. The van der Waals surface area contributed by atoms with Gasteiger partial charge in [-0.1, -0.05) is 50.7 Å². The molecule has 50 heavy (non-hydrogen) atoms. The molecule has 0 bridgehead atoms. The van der Waals surface area contributed by atoms with Gasteiger partial charge in [0.1, 0.15) is 5.78 Å². The normalized spacial score (nSPS) is 22.4. The van der Waals surface area contributed by atoms with Crippen LogP contribution in [-0.4, -0.2) is 81.0 Å². The summed E-state index contributed by atoms with van der Waals surface area (Å²) in [5.41, 5.74) is -0.0905.